The number of aryl methyl sites for hydroxylation is 3. The van der Waals surface area contributed by atoms with E-state index in [9.17, 15) is 9.50 Å². The van der Waals surface area contributed by atoms with Crippen molar-refractivity contribution in [2.24, 2.45) is 0 Å². The normalized spacial score (nSPS) is 13.8. The summed E-state index contributed by atoms with van der Waals surface area (Å²) >= 11 is 0. The van der Waals surface area contributed by atoms with Gasteiger partial charge in [-0.15, -0.1) is 0 Å². The van der Waals surface area contributed by atoms with Crippen molar-refractivity contribution in [2.45, 2.75) is 33.2 Å². The summed E-state index contributed by atoms with van der Waals surface area (Å²) in [5.74, 6) is -0.279. The SMILES string of the molecule is Cc1cc(F)cc(NC(C)(CO)c2cc(C)ccc2C)c1. The minimum absolute atomic E-state index is 0.0765. The molecule has 0 heterocycles. The summed E-state index contributed by atoms with van der Waals surface area (Å²) in [7, 11) is 0. The average Bonchev–Trinajstić information content (AvgIpc) is 2.40. The van der Waals surface area contributed by atoms with E-state index in [1.165, 1.54) is 12.1 Å². The first-order valence-corrected chi connectivity index (χ1v) is 7.08. The summed E-state index contributed by atoms with van der Waals surface area (Å²) < 4.78 is 13.6. The molecular formula is C18H22FNO. The molecular weight excluding hydrogens is 265 g/mol. The van der Waals surface area contributed by atoms with Gasteiger partial charge in [0.1, 0.15) is 5.82 Å². The van der Waals surface area contributed by atoms with Crippen LogP contribution in [0.15, 0.2) is 36.4 Å². The Labute approximate surface area is 125 Å². The van der Waals surface area contributed by atoms with E-state index in [0.717, 1.165) is 22.3 Å². The van der Waals surface area contributed by atoms with Crippen LogP contribution in [0.3, 0.4) is 0 Å². The largest absolute Gasteiger partial charge is 0.394 e. The molecule has 3 heteroatoms. The number of hydrogen-bond acceptors (Lipinski definition) is 2. The second-order valence-electron chi connectivity index (χ2n) is 5.95. The predicted molar refractivity (Wildman–Crippen MR) is 85.1 cm³/mol. The summed E-state index contributed by atoms with van der Waals surface area (Å²) in [5, 5.41) is 13.2. The van der Waals surface area contributed by atoms with Crippen LogP contribution in [0.1, 0.15) is 29.2 Å². The zero-order chi connectivity index (χ0) is 15.6. The highest BCUT2D eigenvalue weighted by Crippen LogP contribution is 2.29. The number of aliphatic hydroxyl groups excluding tert-OH is 1. The Morgan fingerprint density at radius 2 is 1.76 bits per heavy atom. The molecule has 0 aromatic heterocycles. The maximum atomic E-state index is 13.6. The van der Waals surface area contributed by atoms with Crippen molar-refractivity contribution in [3.8, 4) is 0 Å². The Hall–Kier alpha value is -1.87. The molecule has 0 saturated carbocycles. The average molecular weight is 287 g/mol. The van der Waals surface area contributed by atoms with Gasteiger partial charge in [0.2, 0.25) is 0 Å². The van der Waals surface area contributed by atoms with Gasteiger partial charge in [-0.2, -0.15) is 0 Å². The molecule has 2 N–H and O–H groups in total. The van der Waals surface area contributed by atoms with E-state index < -0.39 is 5.54 Å². The van der Waals surface area contributed by atoms with Gasteiger partial charge in [-0.05, 0) is 62.6 Å². The lowest BCUT2D eigenvalue weighted by atomic mass is 9.87. The Kier molecular flexibility index (Phi) is 4.33. The molecule has 0 bridgehead atoms. The van der Waals surface area contributed by atoms with Crippen molar-refractivity contribution in [1.82, 2.24) is 0 Å². The topological polar surface area (TPSA) is 32.3 Å². The zero-order valence-corrected chi connectivity index (χ0v) is 13.0. The molecule has 21 heavy (non-hydrogen) atoms. The van der Waals surface area contributed by atoms with Gasteiger partial charge in [0.15, 0.2) is 0 Å². The van der Waals surface area contributed by atoms with E-state index >= 15 is 0 Å². The van der Waals surface area contributed by atoms with E-state index in [1.807, 2.05) is 45.9 Å². The summed E-state index contributed by atoms with van der Waals surface area (Å²) in [6.45, 7) is 7.73. The van der Waals surface area contributed by atoms with Gasteiger partial charge >= 0.3 is 0 Å². The molecule has 2 aromatic carbocycles. The van der Waals surface area contributed by atoms with Crippen LogP contribution in [0.25, 0.3) is 0 Å². The second-order valence-corrected chi connectivity index (χ2v) is 5.95. The van der Waals surface area contributed by atoms with Gasteiger partial charge in [-0.3, -0.25) is 0 Å². The highest BCUT2D eigenvalue weighted by Gasteiger charge is 2.27. The third kappa shape index (κ3) is 3.42. The third-order valence-corrected chi connectivity index (χ3v) is 3.77. The fourth-order valence-corrected chi connectivity index (χ4v) is 2.65. The quantitative estimate of drug-likeness (QED) is 0.888. The number of rotatable bonds is 4. The van der Waals surface area contributed by atoms with Gasteiger partial charge in [-0.25, -0.2) is 4.39 Å². The minimum atomic E-state index is -0.656. The third-order valence-electron chi connectivity index (χ3n) is 3.77. The van der Waals surface area contributed by atoms with Crippen molar-refractivity contribution < 1.29 is 9.50 Å². The second kappa shape index (κ2) is 5.86. The standard InChI is InChI=1S/C18H22FNO/c1-12-5-6-14(3)17(9-12)18(4,11-21)20-16-8-13(2)7-15(19)10-16/h5-10,20-21H,11H2,1-4H3. The van der Waals surface area contributed by atoms with Crippen LogP contribution in [0.5, 0.6) is 0 Å². The maximum Gasteiger partial charge on any atom is 0.125 e. The lowest BCUT2D eigenvalue weighted by Gasteiger charge is -2.32. The minimum Gasteiger partial charge on any atom is -0.394 e. The van der Waals surface area contributed by atoms with E-state index in [-0.39, 0.29) is 12.4 Å². The van der Waals surface area contributed by atoms with Gasteiger partial charge in [0.25, 0.3) is 0 Å². The molecule has 2 nitrogen and oxygen atoms in total. The lowest BCUT2D eigenvalue weighted by Crippen LogP contribution is -2.36. The molecule has 2 aromatic rings. The molecule has 112 valence electrons. The molecule has 2 rings (SSSR count). The summed E-state index contributed by atoms with van der Waals surface area (Å²) in [6.07, 6.45) is 0. The fraction of sp³-hybridized carbons (Fsp3) is 0.333. The predicted octanol–water partition coefficient (Wildman–Crippen LogP) is 4.07. The number of nitrogens with one attached hydrogen (secondary N) is 1. The van der Waals surface area contributed by atoms with Crippen LogP contribution in [-0.2, 0) is 5.54 Å². The van der Waals surface area contributed by atoms with Crippen LogP contribution in [0, 0.1) is 26.6 Å². The molecule has 1 unspecified atom stereocenters. The molecule has 0 saturated heterocycles. The zero-order valence-electron chi connectivity index (χ0n) is 13.0. The van der Waals surface area contributed by atoms with Crippen molar-refractivity contribution in [1.29, 1.82) is 0 Å². The number of halogens is 1. The van der Waals surface area contributed by atoms with Crippen LogP contribution >= 0.6 is 0 Å². The van der Waals surface area contributed by atoms with E-state index in [1.54, 1.807) is 0 Å². The Bertz CT molecular complexity index is 633. The van der Waals surface area contributed by atoms with Crippen LogP contribution in [0.4, 0.5) is 10.1 Å². The molecule has 0 aliphatic heterocycles. The van der Waals surface area contributed by atoms with Crippen molar-refractivity contribution in [3.63, 3.8) is 0 Å². The Morgan fingerprint density at radius 1 is 1.05 bits per heavy atom. The summed E-state index contributed by atoms with van der Waals surface area (Å²) in [6, 6.07) is 11.0. The smallest absolute Gasteiger partial charge is 0.125 e. The Morgan fingerprint density at radius 3 is 2.38 bits per heavy atom. The Balaban J connectivity index is 2.43. The molecule has 0 fully saturated rings. The highest BCUT2D eigenvalue weighted by atomic mass is 19.1. The van der Waals surface area contributed by atoms with Crippen LogP contribution in [0.2, 0.25) is 0 Å². The van der Waals surface area contributed by atoms with E-state index in [4.69, 9.17) is 0 Å². The molecule has 0 spiro atoms. The molecule has 0 radical (unpaired) electrons. The first-order chi connectivity index (χ1) is 9.84. The van der Waals surface area contributed by atoms with Crippen molar-refractivity contribution in [2.75, 3.05) is 11.9 Å². The van der Waals surface area contributed by atoms with Crippen molar-refractivity contribution in [3.05, 3.63) is 64.5 Å². The maximum absolute atomic E-state index is 13.6. The first-order valence-electron chi connectivity index (χ1n) is 7.08. The van der Waals surface area contributed by atoms with Crippen LogP contribution in [-0.4, -0.2) is 11.7 Å². The monoisotopic (exact) mass is 287 g/mol. The van der Waals surface area contributed by atoms with E-state index in [0.29, 0.717) is 5.69 Å². The van der Waals surface area contributed by atoms with Gasteiger partial charge in [0.05, 0.1) is 12.1 Å². The number of aliphatic hydroxyl groups is 1. The number of benzene rings is 2. The number of anilines is 1. The molecule has 0 amide bonds. The van der Waals surface area contributed by atoms with Crippen molar-refractivity contribution >= 4 is 5.69 Å². The van der Waals surface area contributed by atoms with Gasteiger partial charge in [-0.1, -0.05) is 23.8 Å². The highest BCUT2D eigenvalue weighted by molar-refractivity contribution is 5.51. The van der Waals surface area contributed by atoms with E-state index in [2.05, 4.69) is 11.4 Å². The summed E-state index contributed by atoms with van der Waals surface area (Å²) in [5.41, 5.74) is 4.11. The number of hydrogen-bond donors (Lipinski definition) is 2. The molecule has 1 atom stereocenters. The first kappa shape index (κ1) is 15.5. The van der Waals surface area contributed by atoms with Gasteiger partial charge in [0, 0.05) is 5.69 Å². The van der Waals surface area contributed by atoms with Gasteiger partial charge < -0.3 is 10.4 Å². The summed E-state index contributed by atoms with van der Waals surface area (Å²) in [4.78, 5) is 0. The fourth-order valence-electron chi connectivity index (χ4n) is 2.65. The molecule has 0 aliphatic rings. The lowest BCUT2D eigenvalue weighted by molar-refractivity contribution is 0.223. The molecule has 0 aliphatic carbocycles. The van der Waals surface area contributed by atoms with Crippen LogP contribution < -0.4 is 5.32 Å².